The SMILES string of the molecule is Cc1ccc(NCc2ccc(C(=O)O)cn2)cc1N(C)C. The second kappa shape index (κ2) is 6.26. The number of carboxylic acids is 1. The average Bonchev–Trinajstić information content (AvgIpc) is 2.46. The van der Waals surface area contributed by atoms with Gasteiger partial charge < -0.3 is 15.3 Å². The summed E-state index contributed by atoms with van der Waals surface area (Å²) in [6.45, 7) is 2.63. The van der Waals surface area contributed by atoms with Gasteiger partial charge in [-0.25, -0.2) is 4.79 Å². The zero-order valence-corrected chi connectivity index (χ0v) is 12.4. The van der Waals surface area contributed by atoms with Gasteiger partial charge in [-0.3, -0.25) is 4.98 Å². The first-order valence-corrected chi connectivity index (χ1v) is 6.67. The predicted octanol–water partition coefficient (Wildman–Crippen LogP) is 2.77. The standard InChI is InChI=1S/C16H19N3O2/c1-11-4-6-13(8-15(11)19(2)3)18-10-14-7-5-12(9-17-14)16(20)21/h4-9,18H,10H2,1-3H3,(H,20,21). The van der Waals surface area contributed by atoms with Crippen LogP contribution in [0.25, 0.3) is 0 Å². The van der Waals surface area contributed by atoms with Crippen molar-refractivity contribution < 1.29 is 9.90 Å². The van der Waals surface area contributed by atoms with Crippen LogP contribution in [0.5, 0.6) is 0 Å². The van der Waals surface area contributed by atoms with Crippen molar-refractivity contribution in [3.05, 3.63) is 53.3 Å². The number of benzene rings is 1. The molecule has 0 fully saturated rings. The van der Waals surface area contributed by atoms with E-state index in [4.69, 9.17) is 5.11 Å². The molecular formula is C16H19N3O2. The van der Waals surface area contributed by atoms with Crippen LogP contribution in [0.1, 0.15) is 21.6 Å². The van der Waals surface area contributed by atoms with Gasteiger partial charge in [-0.1, -0.05) is 6.07 Å². The summed E-state index contributed by atoms with van der Waals surface area (Å²) >= 11 is 0. The Balaban J connectivity index is 2.06. The summed E-state index contributed by atoms with van der Waals surface area (Å²) in [6, 6.07) is 9.46. The molecule has 2 N–H and O–H groups in total. The summed E-state index contributed by atoms with van der Waals surface area (Å²) in [6.07, 6.45) is 1.37. The van der Waals surface area contributed by atoms with Gasteiger partial charge in [-0.2, -0.15) is 0 Å². The maximum Gasteiger partial charge on any atom is 0.337 e. The number of aryl methyl sites for hydroxylation is 1. The molecule has 0 saturated heterocycles. The zero-order chi connectivity index (χ0) is 15.4. The summed E-state index contributed by atoms with van der Waals surface area (Å²) in [5.74, 6) is -0.962. The molecule has 0 amide bonds. The maximum absolute atomic E-state index is 10.8. The van der Waals surface area contributed by atoms with Gasteiger partial charge in [0.2, 0.25) is 0 Å². The minimum atomic E-state index is -0.962. The molecule has 0 aliphatic carbocycles. The molecule has 0 saturated carbocycles. The first-order valence-electron chi connectivity index (χ1n) is 6.67. The number of carboxylic acid groups (broad SMARTS) is 1. The number of anilines is 2. The molecule has 110 valence electrons. The molecule has 1 aromatic carbocycles. The largest absolute Gasteiger partial charge is 0.478 e. The Kier molecular flexibility index (Phi) is 4.42. The number of nitrogens with one attached hydrogen (secondary N) is 1. The Bertz CT molecular complexity index is 636. The minimum absolute atomic E-state index is 0.198. The number of nitrogens with zero attached hydrogens (tertiary/aromatic N) is 2. The number of hydrogen-bond acceptors (Lipinski definition) is 4. The fraction of sp³-hybridized carbons (Fsp3) is 0.250. The second-order valence-corrected chi connectivity index (χ2v) is 5.09. The summed E-state index contributed by atoms with van der Waals surface area (Å²) in [4.78, 5) is 17.0. The quantitative estimate of drug-likeness (QED) is 0.884. The van der Waals surface area contributed by atoms with Crippen LogP contribution in [0.3, 0.4) is 0 Å². The Morgan fingerprint density at radius 3 is 2.62 bits per heavy atom. The lowest BCUT2D eigenvalue weighted by atomic mass is 10.1. The number of rotatable bonds is 5. The first kappa shape index (κ1) is 14.8. The van der Waals surface area contributed by atoms with E-state index in [2.05, 4.69) is 34.3 Å². The highest BCUT2D eigenvalue weighted by Crippen LogP contribution is 2.22. The van der Waals surface area contributed by atoms with E-state index in [0.717, 1.165) is 17.1 Å². The molecule has 1 aromatic heterocycles. The summed E-state index contributed by atoms with van der Waals surface area (Å²) in [7, 11) is 4.02. The number of hydrogen-bond donors (Lipinski definition) is 2. The van der Waals surface area contributed by atoms with Crippen molar-refractivity contribution >= 4 is 17.3 Å². The van der Waals surface area contributed by atoms with E-state index < -0.39 is 5.97 Å². The minimum Gasteiger partial charge on any atom is -0.478 e. The lowest BCUT2D eigenvalue weighted by Gasteiger charge is -2.17. The highest BCUT2D eigenvalue weighted by Gasteiger charge is 2.04. The van der Waals surface area contributed by atoms with Gasteiger partial charge in [0.05, 0.1) is 17.8 Å². The second-order valence-electron chi connectivity index (χ2n) is 5.09. The van der Waals surface area contributed by atoms with Crippen LogP contribution in [0.15, 0.2) is 36.5 Å². The third-order valence-electron chi connectivity index (χ3n) is 3.24. The van der Waals surface area contributed by atoms with Crippen molar-refractivity contribution in [2.45, 2.75) is 13.5 Å². The highest BCUT2D eigenvalue weighted by molar-refractivity contribution is 5.87. The van der Waals surface area contributed by atoms with Gasteiger partial charge >= 0.3 is 5.97 Å². The van der Waals surface area contributed by atoms with Crippen LogP contribution in [-0.4, -0.2) is 30.2 Å². The van der Waals surface area contributed by atoms with Gasteiger partial charge in [0.1, 0.15) is 0 Å². The van der Waals surface area contributed by atoms with E-state index in [0.29, 0.717) is 6.54 Å². The van der Waals surface area contributed by atoms with E-state index in [-0.39, 0.29) is 5.56 Å². The fourth-order valence-electron chi connectivity index (χ4n) is 2.05. The molecule has 0 radical (unpaired) electrons. The zero-order valence-electron chi connectivity index (χ0n) is 12.4. The van der Waals surface area contributed by atoms with Crippen molar-refractivity contribution in [2.75, 3.05) is 24.3 Å². The van der Waals surface area contributed by atoms with Gasteiger partial charge in [-0.05, 0) is 36.8 Å². The van der Waals surface area contributed by atoms with Crippen molar-refractivity contribution in [3.8, 4) is 0 Å². The molecule has 1 heterocycles. The Morgan fingerprint density at radius 1 is 1.29 bits per heavy atom. The summed E-state index contributed by atoms with van der Waals surface area (Å²) < 4.78 is 0. The van der Waals surface area contributed by atoms with Gasteiger partial charge in [0, 0.05) is 31.7 Å². The van der Waals surface area contributed by atoms with Crippen molar-refractivity contribution in [3.63, 3.8) is 0 Å². The lowest BCUT2D eigenvalue weighted by Crippen LogP contribution is -2.11. The lowest BCUT2D eigenvalue weighted by molar-refractivity contribution is 0.0696. The Hall–Kier alpha value is -2.56. The van der Waals surface area contributed by atoms with Crippen molar-refractivity contribution in [1.82, 2.24) is 4.98 Å². The summed E-state index contributed by atoms with van der Waals surface area (Å²) in [5.41, 5.74) is 4.38. The molecule has 21 heavy (non-hydrogen) atoms. The number of aromatic nitrogens is 1. The van der Waals surface area contributed by atoms with E-state index in [1.165, 1.54) is 11.8 Å². The fourth-order valence-corrected chi connectivity index (χ4v) is 2.05. The number of pyridine rings is 1. The normalized spacial score (nSPS) is 10.2. The first-order chi connectivity index (χ1) is 9.97. The van der Waals surface area contributed by atoms with Crippen LogP contribution in [0, 0.1) is 6.92 Å². The molecule has 0 aliphatic heterocycles. The van der Waals surface area contributed by atoms with Crippen molar-refractivity contribution in [2.24, 2.45) is 0 Å². The molecule has 5 heteroatoms. The van der Waals surface area contributed by atoms with E-state index in [1.807, 2.05) is 20.2 Å². The monoisotopic (exact) mass is 285 g/mol. The molecule has 5 nitrogen and oxygen atoms in total. The molecule has 0 aliphatic rings. The van der Waals surface area contributed by atoms with E-state index in [1.54, 1.807) is 12.1 Å². The predicted molar refractivity (Wildman–Crippen MR) is 84.0 cm³/mol. The van der Waals surface area contributed by atoms with E-state index >= 15 is 0 Å². The van der Waals surface area contributed by atoms with E-state index in [9.17, 15) is 4.79 Å². The smallest absolute Gasteiger partial charge is 0.337 e. The summed E-state index contributed by atoms with van der Waals surface area (Å²) in [5, 5.41) is 12.1. The third-order valence-corrected chi connectivity index (χ3v) is 3.24. The molecule has 2 aromatic rings. The number of carbonyl (C=O) groups is 1. The van der Waals surface area contributed by atoms with Crippen molar-refractivity contribution in [1.29, 1.82) is 0 Å². The maximum atomic E-state index is 10.8. The van der Waals surface area contributed by atoms with Crippen LogP contribution in [0.4, 0.5) is 11.4 Å². The van der Waals surface area contributed by atoms with Crippen LogP contribution >= 0.6 is 0 Å². The molecule has 0 spiro atoms. The molecule has 0 unspecified atom stereocenters. The Labute approximate surface area is 124 Å². The van der Waals surface area contributed by atoms with Gasteiger partial charge in [0.15, 0.2) is 0 Å². The van der Waals surface area contributed by atoms with Crippen LogP contribution < -0.4 is 10.2 Å². The molecular weight excluding hydrogens is 266 g/mol. The molecule has 2 rings (SSSR count). The van der Waals surface area contributed by atoms with Crippen LogP contribution in [-0.2, 0) is 6.54 Å². The third kappa shape index (κ3) is 3.72. The molecule has 0 atom stereocenters. The van der Waals surface area contributed by atoms with Gasteiger partial charge in [0.25, 0.3) is 0 Å². The highest BCUT2D eigenvalue weighted by atomic mass is 16.4. The number of aromatic carboxylic acids is 1. The topological polar surface area (TPSA) is 65.5 Å². The molecule has 0 bridgehead atoms. The average molecular weight is 285 g/mol. The van der Waals surface area contributed by atoms with Gasteiger partial charge in [-0.15, -0.1) is 0 Å². The van der Waals surface area contributed by atoms with Crippen LogP contribution in [0.2, 0.25) is 0 Å². The Morgan fingerprint density at radius 2 is 2.05 bits per heavy atom.